The Labute approximate surface area is 198 Å². The molecule has 7 nitrogen and oxygen atoms in total. The third-order valence-corrected chi connectivity index (χ3v) is 7.52. The predicted molar refractivity (Wildman–Crippen MR) is 127 cm³/mol. The monoisotopic (exact) mass is 460 g/mol. The summed E-state index contributed by atoms with van der Waals surface area (Å²) in [6.45, 7) is 5.64. The van der Waals surface area contributed by atoms with Gasteiger partial charge in [0.1, 0.15) is 24.1 Å². The zero-order valence-corrected chi connectivity index (χ0v) is 20.7. The van der Waals surface area contributed by atoms with Gasteiger partial charge in [-0.05, 0) is 70.3 Å². The molecular weight excluding hydrogens is 420 g/mol. The van der Waals surface area contributed by atoms with Crippen LogP contribution in [0.4, 0.5) is 0 Å². The number of rotatable bonds is 4. The number of ketones is 1. The Hall–Kier alpha value is -1.96. The maximum atomic E-state index is 12.7. The Balaban J connectivity index is 1.68. The van der Waals surface area contributed by atoms with E-state index in [1.807, 2.05) is 12.1 Å². The van der Waals surface area contributed by atoms with Crippen LogP contribution in [0.15, 0.2) is 24.3 Å². The number of carbonyl (C=O) groups is 2. The number of hydrogen-bond acceptors (Lipinski definition) is 7. The topological polar surface area (TPSA) is 68.3 Å². The van der Waals surface area contributed by atoms with Crippen molar-refractivity contribution in [3.05, 3.63) is 29.8 Å². The number of ether oxygens (including phenoxy) is 3. The van der Waals surface area contributed by atoms with Gasteiger partial charge in [0.2, 0.25) is 0 Å². The van der Waals surface area contributed by atoms with Crippen LogP contribution in [0, 0.1) is 5.92 Å². The van der Waals surface area contributed by atoms with Gasteiger partial charge in [-0.25, -0.2) is 0 Å². The average molecular weight is 461 g/mol. The molecular formula is C26H40N2O5. The van der Waals surface area contributed by atoms with Crippen LogP contribution < -0.4 is 4.74 Å². The number of likely N-dealkylation sites (N-methyl/N-ethyl adjacent to an activating group) is 1. The Morgan fingerprint density at radius 3 is 2.58 bits per heavy atom. The summed E-state index contributed by atoms with van der Waals surface area (Å²) in [4.78, 5) is 30.0. The van der Waals surface area contributed by atoms with Gasteiger partial charge in [-0.2, -0.15) is 0 Å². The lowest BCUT2D eigenvalue weighted by atomic mass is 9.86. The van der Waals surface area contributed by atoms with Crippen molar-refractivity contribution in [1.82, 2.24) is 9.80 Å². The van der Waals surface area contributed by atoms with Crippen molar-refractivity contribution in [3.8, 4) is 5.75 Å². The maximum absolute atomic E-state index is 12.7. The lowest BCUT2D eigenvalue weighted by Gasteiger charge is -2.47. The molecule has 1 aromatic carbocycles. The highest BCUT2D eigenvalue weighted by atomic mass is 16.5. The van der Waals surface area contributed by atoms with Crippen molar-refractivity contribution < 1.29 is 23.8 Å². The molecule has 2 aliphatic rings. The van der Waals surface area contributed by atoms with Gasteiger partial charge in [-0.15, -0.1) is 0 Å². The first kappa shape index (κ1) is 25.7. The van der Waals surface area contributed by atoms with Crippen LogP contribution in [-0.2, 0) is 25.6 Å². The third kappa shape index (κ3) is 6.78. The summed E-state index contributed by atoms with van der Waals surface area (Å²) >= 11 is 0. The fraction of sp³-hybridized carbons (Fsp3) is 0.692. The van der Waals surface area contributed by atoms with Crippen molar-refractivity contribution in [3.63, 3.8) is 0 Å². The number of piperidine rings is 1. The molecule has 3 rings (SSSR count). The number of hydrogen-bond donors (Lipinski definition) is 0. The number of nitrogens with zero attached hydrogens (tertiary/aromatic N) is 2. The first-order valence-electron chi connectivity index (χ1n) is 12.2. The summed E-state index contributed by atoms with van der Waals surface area (Å²) in [6, 6.07) is 8.20. The number of methoxy groups -OCH3 is 2. The minimum Gasteiger partial charge on any atom is -0.497 e. The zero-order valence-electron chi connectivity index (χ0n) is 20.7. The van der Waals surface area contributed by atoms with Crippen LogP contribution in [0.2, 0.25) is 0 Å². The van der Waals surface area contributed by atoms with E-state index in [1.165, 1.54) is 5.56 Å². The van der Waals surface area contributed by atoms with Gasteiger partial charge < -0.3 is 14.2 Å². The molecule has 0 radical (unpaired) electrons. The van der Waals surface area contributed by atoms with Crippen molar-refractivity contribution in [2.24, 2.45) is 5.92 Å². The summed E-state index contributed by atoms with van der Waals surface area (Å²) in [7, 11) is 5.53. The molecule has 7 heteroatoms. The minimum absolute atomic E-state index is 0.0481. The van der Waals surface area contributed by atoms with E-state index < -0.39 is 11.9 Å². The molecule has 0 aliphatic carbocycles. The first-order chi connectivity index (χ1) is 15.9. The van der Waals surface area contributed by atoms with Crippen molar-refractivity contribution in [2.45, 2.75) is 63.6 Å². The van der Waals surface area contributed by atoms with Gasteiger partial charge in [-0.3, -0.25) is 19.4 Å². The molecule has 1 aromatic rings. The molecule has 0 bridgehead atoms. The molecule has 33 heavy (non-hydrogen) atoms. The Kier molecular flexibility index (Phi) is 9.29. The molecule has 2 atom stereocenters. The first-order valence-corrected chi connectivity index (χ1v) is 12.2. The van der Waals surface area contributed by atoms with Gasteiger partial charge >= 0.3 is 5.97 Å². The van der Waals surface area contributed by atoms with Gasteiger partial charge in [-0.1, -0.05) is 12.1 Å². The van der Waals surface area contributed by atoms with E-state index in [4.69, 9.17) is 14.2 Å². The number of carbonyl (C=O) groups excluding carboxylic acids is 2. The number of Topliss-reactive ketones (excluding diaryl/α,β-unsaturated/α-hetero) is 1. The zero-order chi connectivity index (χ0) is 23.8. The highest BCUT2D eigenvalue weighted by molar-refractivity contribution is 5.98. The SMILES string of the molecule is COc1cccc(CN2CCC3(CC2)COC(=O)C(C)C(=O)CCC(OC)CCCN3C)c1. The van der Waals surface area contributed by atoms with Crippen LogP contribution >= 0.6 is 0 Å². The smallest absolute Gasteiger partial charge is 0.316 e. The summed E-state index contributed by atoms with van der Waals surface area (Å²) in [5.41, 5.74) is 1.03. The van der Waals surface area contributed by atoms with Crippen LogP contribution in [0.1, 0.15) is 51.0 Å². The molecule has 2 unspecified atom stereocenters. The van der Waals surface area contributed by atoms with Crippen LogP contribution in [-0.4, -0.2) is 80.7 Å². The average Bonchev–Trinajstić information content (AvgIpc) is 2.84. The van der Waals surface area contributed by atoms with Gasteiger partial charge in [0.25, 0.3) is 0 Å². The second kappa shape index (κ2) is 12.0. The maximum Gasteiger partial charge on any atom is 0.316 e. The lowest BCUT2D eigenvalue weighted by Crippen LogP contribution is -2.57. The number of likely N-dealkylation sites (tertiary alicyclic amines) is 1. The summed E-state index contributed by atoms with van der Waals surface area (Å²) in [5, 5.41) is 0. The normalized spacial score (nSPS) is 26.2. The molecule has 1 spiro atoms. The standard InChI is InChI=1S/C26H40N2O5/c1-20-24(29)11-10-22(31-3)9-6-14-27(2)26(19-33-25(20)30)12-15-28(16-13-26)18-21-7-5-8-23(17-21)32-4/h5,7-8,17,20,22H,6,9-16,18-19H2,1-4H3. The quantitative estimate of drug-likeness (QED) is 0.504. The molecule has 2 fully saturated rings. The molecule has 0 N–H and O–H groups in total. The van der Waals surface area contributed by atoms with Gasteiger partial charge in [0.05, 0.1) is 18.8 Å². The van der Waals surface area contributed by atoms with Gasteiger partial charge in [0, 0.05) is 33.2 Å². The van der Waals surface area contributed by atoms with E-state index in [9.17, 15) is 9.59 Å². The molecule has 0 amide bonds. The molecule has 0 aromatic heterocycles. The molecule has 2 saturated heterocycles. The van der Waals surface area contributed by atoms with E-state index in [0.717, 1.165) is 57.6 Å². The molecule has 2 heterocycles. The van der Waals surface area contributed by atoms with Gasteiger partial charge in [0.15, 0.2) is 0 Å². The second-order valence-corrected chi connectivity index (χ2v) is 9.61. The molecule has 0 saturated carbocycles. The third-order valence-electron chi connectivity index (χ3n) is 7.52. The van der Waals surface area contributed by atoms with E-state index in [1.54, 1.807) is 21.1 Å². The summed E-state index contributed by atoms with van der Waals surface area (Å²) in [5.74, 6) is -0.309. The number of esters is 1. The molecule has 184 valence electrons. The Bertz CT molecular complexity index is 791. The highest BCUT2D eigenvalue weighted by Crippen LogP contribution is 2.31. The lowest BCUT2D eigenvalue weighted by molar-refractivity contribution is -0.156. The van der Waals surface area contributed by atoms with E-state index in [-0.39, 0.29) is 17.4 Å². The van der Waals surface area contributed by atoms with Crippen LogP contribution in [0.5, 0.6) is 5.75 Å². The summed E-state index contributed by atoms with van der Waals surface area (Å²) < 4.78 is 16.7. The Morgan fingerprint density at radius 2 is 1.88 bits per heavy atom. The Morgan fingerprint density at radius 1 is 1.12 bits per heavy atom. The fourth-order valence-electron chi connectivity index (χ4n) is 4.95. The van der Waals surface area contributed by atoms with Crippen LogP contribution in [0.25, 0.3) is 0 Å². The largest absolute Gasteiger partial charge is 0.497 e. The van der Waals surface area contributed by atoms with E-state index in [2.05, 4.69) is 29.0 Å². The van der Waals surface area contributed by atoms with Crippen molar-refractivity contribution in [2.75, 3.05) is 47.5 Å². The number of benzene rings is 1. The number of cyclic esters (lactones) is 1. The summed E-state index contributed by atoms with van der Waals surface area (Å²) in [6.07, 6.45) is 4.79. The predicted octanol–water partition coefficient (Wildman–Crippen LogP) is 3.30. The second-order valence-electron chi connectivity index (χ2n) is 9.61. The van der Waals surface area contributed by atoms with Crippen LogP contribution in [0.3, 0.4) is 0 Å². The highest BCUT2D eigenvalue weighted by Gasteiger charge is 2.40. The van der Waals surface area contributed by atoms with Crippen molar-refractivity contribution >= 4 is 11.8 Å². The van der Waals surface area contributed by atoms with E-state index in [0.29, 0.717) is 19.4 Å². The van der Waals surface area contributed by atoms with Crippen molar-refractivity contribution in [1.29, 1.82) is 0 Å². The van der Waals surface area contributed by atoms with E-state index >= 15 is 0 Å². The minimum atomic E-state index is -0.723. The fourth-order valence-corrected chi connectivity index (χ4v) is 4.95. The molecule has 2 aliphatic heterocycles.